The second-order valence-electron chi connectivity index (χ2n) is 6.34. The number of nitrogens with one attached hydrogen (secondary N) is 1. The summed E-state index contributed by atoms with van der Waals surface area (Å²) in [7, 11) is 0. The summed E-state index contributed by atoms with van der Waals surface area (Å²) in [6.45, 7) is 2.35. The summed E-state index contributed by atoms with van der Waals surface area (Å²) in [5, 5.41) is 2.69. The number of amides is 1. The van der Waals surface area contributed by atoms with Crippen molar-refractivity contribution >= 4 is 11.6 Å². The molecule has 1 aromatic heterocycles. The number of anilines is 1. The van der Waals surface area contributed by atoms with E-state index in [-0.39, 0.29) is 19.0 Å². The van der Waals surface area contributed by atoms with Gasteiger partial charge in [-0.3, -0.25) is 9.59 Å². The molecule has 0 unspecified atom stereocenters. The second-order valence-corrected chi connectivity index (χ2v) is 6.34. The third-order valence-electron chi connectivity index (χ3n) is 4.24. The number of nitrogens with zero attached hydrogens (tertiary/aromatic N) is 1. The van der Waals surface area contributed by atoms with Crippen LogP contribution in [0.5, 0.6) is 11.5 Å². The van der Waals surface area contributed by atoms with Crippen LogP contribution in [0, 0.1) is 6.92 Å². The first-order valence-corrected chi connectivity index (χ1v) is 8.72. The molecule has 1 N–H and O–H groups in total. The molecule has 0 fully saturated rings. The minimum Gasteiger partial charge on any atom is -0.454 e. The van der Waals surface area contributed by atoms with Gasteiger partial charge in [-0.15, -0.1) is 0 Å². The molecule has 0 atom stereocenters. The molecular weight excluding hydrogens is 360 g/mol. The number of carbonyl (C=O) groups excluding carboxylic acids is 1. The van der Waals surface area contributed by atoms with Crippen molar-refractivity contribution in [2.45, 2.75) is 13.5 Å². The number of aryl methyl sites for hydroxylation is 1. The molecule has 4 rings (SSSR count). The van der Waals surface area contributed by atoms with E-state index in [1.807, 2.05) is 31.2 Å². The molecule has 28 heavy (non-hydrogen) atoms. The Balaban J connectivity index is 1.49. The Morgan fingerprint density at radius 2 is 1.96 bits per heavy atom. The third kappa shape index (κ3) is 3.68. The van der Waals surface area contributed by atoms with Gasteiger partial charge in [0.05, 0.1) is 0 Å². The molecule has 142 valence electrons. The molecule has 1 aliphatic rings. The van der Waals surface area contributed by atoms with Crippen LogP contribution >= 0.6 is 0 Å². The van der Waals surface area contributed by atoms with Crippen molar-refractivity contribution < 1.29 is 19.1 Å². The lowest BCUT2D eigenvalue weighted by atomic mass is 10.1. The zero-order valence-electron chi connectivity index (χ0n) is 15.2. The van der Waals surface area contributed by atoms with Gasteiger partial charge in [0, 0.05) is 18.0 Å². The summed E-state index contributed by atoms with van der Waals surface area (Å²) in [6, 6.07) is 15.9. The fourth-order valence-corrected chi connectivity index (χ4v) is 2.87. The third-order valence-corrected chi connectivity index (χ3v) is 4.24. The summed E-state index contributed by atoms with van der Waals surface area (Å²) in [5.41, 5.74) is 1.98. The Kier molecular flexibility index (Phi) is 4.72. The number of carbonyl (C=O) groups is 1. The molecule has 0 radical (unpaired) electrons. The standard InChI is InChI=1S/C21H18N2O5/c1-14-4-2-5-15(10-14)12-28-23-9-3-6-17(21(23)25)20(24)22-16-7-8-18-19(11-16)27-13-26-18/h2-11H,12-13H2,1H3,(H,22,24). The molecule has 1 amide bonds. The average molecular weight is 378 g/mol. The van der Waals surface area contributed by atoms with Crippen LogP contribution in [0.3, 0.4) is 0 Å². The minimum atomic E-state index is -0.534. The van der Waals surface area contributed by atoms with Crippen molar-refractivity contribution in [2.75, 3.05) is 12.1 Å². The van der Waals surface area contributed by atoms with Crippen molar-refractivity contribution in [3.63, 3.8) is 0 Å². The molecule has 2 heterocycles. The van der Waals surface area contributed by atoms with E-state index in [1.54, 1.807) is 24.3 Å². The van der Waals surface area contributed by atoms with E-state index in [0.717, 1.165) is 15.9 Å². The summed E-state index contributed by atoms with van der Waals surface area (Å²) >= 11 is 0. The van der Waals surface area contributed by atoms with Crippen LogP contribution in [0.25, 0.3) is 0 Å². The second kappa shape index (κ2) is 7.48. The highest BCUT2D eigenvalue weighted by Gasteiger charge is 2.17. The van der Waals surface area contributed by atoms with Crippen LogP contribution in [0.4, 0.5) is 5.69 Å². The summed E-state index contributed by atoms with van der Waals surface area (Å²) in [4.78, 5) is 30.7. The van der Waals surface area contributed by atoms with Gasteiger partial charge >= 0.3 is 0 Å². The monoisotopic (exact) mass is 378 g/mol. The first-order chi connectivity index (χ1) is 13.6. The van der Waals surface area contributed by atoms with Crippen LogP contribution in [0.1, 0.15) is 21.5 Å². The molecule has 0 saturated heterocycles. The van der Waals surface area contributed by atoms with Gasteiger partial charge in [0.1, 0.15) is 12.2 Å². The predicted octanol–water partition coefficient (Wildman–Crippen LogP) is 2.77. The molecule has 2 aromatic carbocycles. The number of fused-ring (bicyclic) bond motifs is 1. The summed E-state index contributed by atoms with van der Waals surface area (Å²) in [6.07, 6.45) is 1.48. The predicted molar refractivity (Wildman–Crippen MR) is 103 cm³/mol. The van der Waals surface area contributed by atoms with Crippen LogP contribution < -0.4 is 25.2 Å². The largest absolute Gasteiger partial charge is 0.454 e. The molecular formula is C21H18N2O5. The topological polar surface area (TPSA) is 78.8 Å². The zero-order valence-corrected chi connectivity index (χ0v) is 15.2. The molecule has 0 bridgehead atoms. The van der Waals surface area contributed by atoms with Gasteiger partial charge < -0.3 is 19.6 Å². The molecule has 0 aliphatic carbocycles. The lowest BCUT2D eigenvalue weighted by Crippen LogP contribution is -2.32. The first kappa shape index (κ1) is 17.7. The van der Waals surface area contributed by atoms with Crippen molar-refractivity contribution in [3.05, 3.63) is 87.8 Å². The summed E-state index contributed by atoms with van der Waals surface area (Å²) < 4.78 is 11.6. The number of pyridine rings is 1. The van der Waals surface area contributed by atoms with E-state index in [2.05, 4.69) is 5.32 Å². The number of hydrogen-bond donors (Lipinski definition) is 1. The molecule has 0 spiro atoms. The molecule has 7 nitrogen and oxygen atoms in total. The van der Waals surface area contributed by atoms with Gasteiger partial charge in [0.2, 0.25) is 6.79 Å². The zero-order chi connectivity index (χ0) is 19.5. The highest BCUT2D eigenvalue weighted by molar-refractivity contribution is 6.04. The van der Waals surface area contributed by atoms with Gasteiger partial charge in [0.25, 0.3) is 11.5 Å². The Labute approximate surface area is 161 Å². The van der Waals surface area contributed by atoms with Crippen molar-refractivity contribution in [1.82, 2.24) is 4.73 Å². The summed E-state index contributed by atoms with van der Waals surface area (Å²) in [5.74, 6) is 0.631. The highest BCUT2D eigenvalue weighted by atomic mass is 16.7. The number of benzene rings is 2. The maximum absolute atomic E-state index is 12.6. The van der Waals surface area contributed by atoms with Crippen molar-refractivity contribution in [1.29, 1.82) is 0 Å². The Hall–Kier alpha value is -3.74. The fraction of sp³-hybridized carbons (Fsp3) is 0.143. The van der Waals surface area contributed by atoms with E-state index < -0.39 is 11.5 Å². The molecule has 1 aliphatic heterocycles. The van der Waals surface area contributed by atoms with Crippen molar-refractivity contribution in [2.24, 2.45) is 0 Å². The lowest BCUT2D eigenvalue weighted by molar-refractivity contribution is 0.0863. The number of hydrogen-bond acceptors (Lipinski definition) is 5. The first-order valence-electron chi connectivity index (χ1n) is 8.72. The van der Waals surface area contributed by atoms with E-state index in [0.29, 0.717) is 17.2 Å². The number of ether oxygens (including phenoxy) is 2. The number of rotatable bonds is 5. The van der Waals surface area contributed by atoms with E-state index in [9.17, 15) is 9.59 Å². The van der Waals surface area contributed by atoms with E-state index in [1.165, 1.54) is 12.3 Å². The molecule has 7 heteroatoms. The fourth-order valence-electron chi connectivity index (χ4n) is 2.87. The maximum atomic E-state index is 12.6. The SMILES string of the molecule is Cc1cccc(COn2cccc(C(=O)Nc3ccc4c(c3)OCO4)c2=O)c1. The normalized spacial score (nSPS) is 11.9. The highest BCUT2D eigenvalue weighted by Crippen LogP contribution is 2.34. The van der Waals surface area contributed by atoms with Gasteiger partial charge in [-0.2, -0.15) is 4.73 Å². The van der Waals surface area contributed by atoms with Gasteiger partial charge in [-0.25, -0.2) is 0 Å². The Morgan fingerprint density at radius 3 is 2.82 bits per heavy atom. The maximum Gasteiger partial charge on any atom is 0.295 e. The van der Waals surface area contributed by atoms with E-state index >= 15 is 0 Å². The van der Waals surface area contributed by atoms with Crippen LogP contribution in [0.15, 0.2) is 65.6 Å². The molecule has 3 aromatic rings. The Morgan fingerprint density at radius 1 is 1.11 bits per heavy atom. The van der Waals surface area contributed by atoms with Crippen LogP contribution in [-0.2, 0) is 6.61 Å². The smallest absolute Gasteiger partial charge is 0.295 e. The quantitative estimate of drug-likeness (QED) is 0.739. The number of aromatic nitrogens is 1. The lowest BCUT2D eigenvalue weighted by Gasteiger charge is -2.11. The van der Waals surface area contributed by atoms with Crippen LogP contribution in [-0.4, -0.2) is 17.4 Å². The van der Waals surface area contributed by atoms with Gasteiger partial charge in [0.15, 0.2) is 11.5 Å². The average Bonchev–Trinajstić information content (AvgIpc) is 3.15. The minimum absolute atomic E-state index is 0.0237. The van der Waals surface area contributed by atoms with Crippen LogP contribution in [0.2, 0.25) is 0 Å². The van der Waals surface area contributed by atoms with Crippen molar-refractivity contribution in [3.8, 4) is 11.5 Å². The Bertz CT molecular complexity index is 1090. The molecule has 0 saturated carbocycles. The van der Waals surface area contributed by atoms with Gasteiger partial charge in [-0.1, -0.05) is 29.8 Å². The van der Waals surface area contributed by atoms with E-state index in [4.69, 9.17) is 14.3 Å². The van der Waals surface area contributed by atoms with Gasteiger partial charge in [-0.05, 0) is 36.8 Å².